The Balaban J connectivity index is 2.04. The predicted octanol–water partition coefficient (Wildman–Crippen LogP) is 1.70. The number of rotatable bonds is 2. The van der Waals surface area contributed by atoms with Gasteiger partial charge in [-0.2, -0.15) is 0 Å². The van der Waals surface area contributed by atoms with Crippen molar-refractivity contribution in [2.75, 3.05) is 13.1 Å². The van der Waals surface area contributed by atoms with Crippen molar-refractivity contribution < 1.29 is 0 Å². The van der Waals surface area contributed by atoms with Crippen molar-refractivity contribution >= 4 is 0 Å². The minimum Gasteiger partial charge on any atom is -0.325 e. The average molecular weight is 190 g/mol. The first-order valence-electron chi connectivity index (χ1n) is 5.23. The first-order chi connectivity index (χ1) is 6.66. The Bertz CT molecular complexity index is 299. The van der Waals surface area contributed by atoms with E-state index < -0.39 is 0 Å². The second kappa shape index (κ2) is 3.71. The van der Waals surface area contributed by atoms with Gasteiger partial charge in [0.15, 0.2) is 0 Å². The van der Waals surface area contributed by atoms with Crippen molar-refractivity contribution in [1.82, 2.24) is 4.90 Å². The van der Waals surface area contributed by atoms with Crippen LogP contribution < -0.4 is 5.73 Å². The fourth-order valence-electron chi connectivity index (χ4n) is 1.92. The molecule has 0 radical (unpaired) electrons. The summed E-state index contributed by atoms with van der Waals surface area (Å²) in [5.74, 6) is 0. The third-order valence-corrected chi connectivity index (χ3v) is 3.05. The minimum atomic E-state index is 0.392. The standard InChI is InChI=1S/C12H18N2/c1-9-3-5-11(6-4-9)10(2)14-7-12(13)8-14/h3-6,10,12H,7-8,13H2,1-2H3. The zero-order valence-electron chi connectivity index (χ0n) is 8.90. The van der Waals surface area contributed by atoms with Crippen molar-refractivity contribution in [3.8, 4) is 0 Å². The van der Waals surface area contributed by atoms with E-state index in [0.29, 0.717) is 12.1 Å². The van der Waals surface area contributed by atoms with E-state index >= 15 is 0 Å². The third kappa shape index (κ3) is 1.81. The fraction of sp³-hybridized carbons (Fsp3) is 0.500. The molecule has 1 aromatic rings. The van der Waals surface area contributed by atoms with Gasteiger partial charge >= 0.3 is 0 Å². The van der Waals surface area contributed by atoms with E-state index in [2.05, 4.69) is 43.0 Å². The monoisotopic (exact) mass is 190 g/mol. The van der Waals surface area contributed by atoms with Gasteiger partial charge in [0.05, 0.1) is 0 Å². The van der Waals surface area contributed by atoms with Crippen LogP contribution in [0, 0.1) is 6.92 Å². The van der Waals surface area contributed by atoms with E-state index in [4.69, 9.17) is 5.73 Å². The zero-order valence-corrected chi connectivity index (χ0v) is 8.90. The molecule has 1 aliphatic rings. The molecule has 76 valence electrons. The summed E-state index contributed by atoms with van der Waals surface area (Å²) in [7, 11) is 0. The molecule has 1 saturated heterocycles. The van der Waals surface area contributed by atoms with E-state index in [1.54, 1.807) is 0 Å². The van der Waals surface area contributed by atoms with Crippen LogP contribution >= 0.6 is 0 Å². The van der Waals surface area contributed by atoms with Gasteiger partial charge in [-0.15, -0.1) is 0 Å². The van der Waals surface area contributed by atoms with Gasteiger partial charge in [0.2, 0.25) is 0 Å². The average Bonchev–Trinajstić information content (AvgIpc) is 2.13. The van der Waals surface area contributed by atoms with Crippen LogP contribution in [0.4, 0.5) is 0 Å². The van der Waals surface area contributed by atoms with Crippen molar-refractivity contribution in [3.05, 3.63) is 35.4 Å². The molecule has 1 heterocycles. The first-order valence-corrected chi connectivity index (χ1v) is 5.23. The lowest BCUT2D eigenvalue weighted by Crippen LogP contribution is -2.56. The molecule has 0 aliphatic carbocycles. The lowest BCUT2D eigenvalue weighted by molar-refractivity contribution is 0.103. The van der Waals surface area contributed by atoms with Crippen molar-refractivity contribution in [2.24, 2.45) is 5.73 Å². The fourth-order valence-corrected chi connectivity index (χ4v) is 1.92. The van der Waals surface area contributed by atoms with Crippen LogP contribution in [0.15, 0.2) is 24.3 Å². The van der Waals surface area contributed by atoms with E-state index in [1.807, 2.05) is 0 Å². The summed E-state index contributed by atoms with van der Waals surface area (Å²) in [6, 6.07) is 9.67. The Morgan fingerprint density at radius 1 is 1.29 bits per heavy atom. The molecule has 2 rings (SSSR count). The Kier molecular flexibility index (Phi) is 2.57. The largest absolute Gasteiger partial charge is 0.325 e. The molecular formula is C12H18N2. The highest BCUT2D eigenvalue weighted by Crippen LogP contribution is 2.24. The maximum atomic E-state index is 5.77. The molecule has 14 heavy (non-hydrogen) atoms. The van der Waals surface area contributed by atoms with Gasteiger partial charge in [0.25, 0.3) is 0 Å². The van der Waals surface area contributed by atoms with Crippen LogP contribution in [-0.4, -0.2) is 24.0 Å². The Morgan fingerprint density at radius 2 is 1.86 bits per heavy atom. The number of nitrogens with zero attached hydrogens (tertiary/aromatic N) is 1. The minimum absolute atomic E-state index is 0.392. The molecule has 1 unspecified atom stereocenters. The molecule has 0 spiro atoms. The lowest BCUT2D eigenvalue weighted by Gasteiger charge is -2.41. The summed E-state index contributed by atoms with van der Waals surface area (Å²) in [5, 5.41) is 0. The first kappa shape index (κ1) is 9.69. The second-order valence-electron chi connectivity index (χ2n) is 4.30. The highest BCUT2D eigenvalue weighted by molar-refractivity contribution is 5.24. The van der Waals surface area contributed by atoms with E-state index in [0.717, 1.165) is 13.1 Å². The number of nitrogens with two attached hydrogens (primary N) is 1. The van der Waals surface area contributed by atoms with Gasteiger partial charge in [-0.1, -0.05) is 29.8 Å². The summed E-state index contributed by atoms with van der Waals surface area (Å²) < 4.78 is 0. The summed E-state index contributed by atoms with van der Waals surface area (Å²) >= 11 is 0. The topological polar surface area (TPSA) is 29.3 Å². The molecule has 1 fully saturated rings. The molecule has 0 amide bonds. The maximum absolute atomic E-state index is 5.77. The smallest absolute Gasteiger partial charge is 0.0321 e. The number of aryl methyl sites for hydroxylation is 1. The SMILES string of the molecule is Cc1ccc(C(C)N2CC(N)C2)cc1. The van der Waals surface area contributed by atoms with Crippen LogP contribution in [0.1, 0.15) is 24.1 Å². The molecule has 2 nitrogen and oxygen atoms in total. The van der Waals surface area contributed by atoms with Gasteiger partial charge in [0, 0.05) is 25.2 Å². The van der Waals surface area contributed by atoms with Gasteiger partial charge in [-0.3, -0.25) is 4.90 Å². The molecule has 0 saturated carbocycles. The van der Waals surface area contributed by atoms with Crippen LogP contribution in [0.25, 0.3) is 0 Å². The van der Waals surface area contributed by atoms with E-state index in [9.17, 15) is 0 Å². The van der Waals surface area contributed by atoms with Crippen LogP contribution in [0.2, 0.25) is 0 Å². The quantitative estimate of drug-likeness (QED) is 0.769. The summed E-state index contributed by atoms with van der Waals surface area (Å²) in [5.41, 5.74) is 8.48. The Hall–Kier alpha value is -0.860. The summed E-state index contributed by atoms with van der Waals surface area (Å²) in [6.45, 7) is 6.44. The summed E-state index contributed by atoms with van der Waals surface area (Å²) in [4.78, 5) is 2.41. The van der Waals surface area contributed by atoms with Gasteiger partial charge in [-0.25, -0.2) is 0 Å². The molecule has 2 N–H and O–H groups in total. The third-order valence-electron chi connectivity index (χ3n) is 3.05. The van der Waals surface area contributed by atoms with Crippen molar-refractivity contribution in [1.29, 1.82) is 0 Å². The van der Waals surface area contributed by atoms with Gasteiger partial charge < -0.3 is 5.73 Å². The Morgan fingerprint density at radius 3 is 2.36 bits per heavy atom. The van der Waals surface area contributed by atoms with E-state index in [-0.39, 0.29) is 0 Å². The van der Waals surface area contributed by atoms with E-state index in [1.165, 1.54) is 11.1 Å². The van der Waals surface area contributed by atoms with Crippen LogP contribution in [-0.2, 0) is 0 Å². The molecular weight excluding hydrogens is 172 g/mol. The second-order valence-corrected chi connectivity index (χ2v) is 4.30. The molecule has 2 heteroatoms. The summed E-state index contributed by atoms with van der Waals surface area (Å²) in [6.07, 6.45) is 0. The van der Waals surface area contributed by atoms with Crippen molar-refractivity contribution in [2.45, 2.75) is 25.9 Å². The molecule has 0 aromatic heterocycles. The zero-order chi connectivity index (χ0) is 10.1. The van der Waals surface area contributed by atoms with Crippen LogP contribution in [0.3, 0.4) is 0 Å². The molecule has 1 atom stereocenters. The number of hydrogen-bond donors (Lipinski definition) is 1. The predicted molar refractivity (Wildman–Crippen MR) is 59.1 cm³/mol. The normalized spacial score (nSPS) is 20.5. The van der Waals surface area contributed by atoms with Gasteiger partial charge in [-0.05, 0) is 19.4 Å². The van der Waals surface area contributed by atoms with Gasteiger partial charge in [0.1, 0.15) is 0 Å². The highest BCUT2D eigenvalue weighted by Gasteiger charge is 2.27. The Labute approximate surface area is 85.7 Å². The molecule has 1 aliphatic heterocycles. The number of hydrogen-bond acceptors (Lipinski definition) is 2. The number of likely N-dealkylation sites (tertiary alicyclic amines) is 1. The molecule has 1 aromatic carbocycles. The van der Waals surface area contributed by atoms with Crippen LogP contribution in [0.5, 0.6) is 0 Å². The molecule has 0 bridgehead atoms. The highest BCUT2D eigenvalue weighted by atomic mass is 15.2. The lowest BCUT2D eigenvalue weighted by atomic mass is 10.0. The van der Waals surface area contributed by atoms with Crippen molar-refractivity contribution in [3.63, 3.8) is 0 Å². The number of benzene rings is 1. The maximum Gasteiger partial charge on any atom is 0.0321 e.